The smallest absolute Gasteiger partial charge is 0.0645 e. The zero-order valence-corrected chi connectivity index (χ0v) is 25.8. The van der Waals surface area contributed by atoms with E-state index in [9.17, 15) is 0 Å². The zero-order chi connectivity index (χ0) is 40.8. The van der Waals surface area contributed by atoms with Crippen molar-refractivity contribution in [2.75, 3.05) is 9.80 Å². The van der Waals surface area contributed by atoms with E-state index in [2.05, 4.69) is 0 Å². The lowest BCUT2D eigenvalue weighted by molar-refractivity contribution is 1.28. The standard InChI is InChI=1S/C46H34N2/c1-7-19-35(20-8-1)43-31-37-34-46(48(41-27-15-5-16-28-41)42-29-17-6-18-30-42)44(36-21-9-2-10-22-36)32-38(37)33-45(43)47(39-23-11-3-12-24-39)40-25-13-4-14-26-40/h1-34H/i3D,5D,11D,12D,15D,16D,23D,24D,27D,28D. The Hall–Kier alpha value is -6.38. The molecule has 0 aliphatic carbocycles. The Morgan fingerprint density at radius 3 is 1.02 bits per heavy atom. The lowest BCUT2D eigenvalue weighted by Gasteiger charge is -2.30. The van der Waals surface area contributed by atoms with Crippen LogP contribution in [0.25, 0.3) is 33.0 Å². The van der Waals surface area contributed by atoms with Crippen LogP contribution < -0.4 is 9.80 Å². The highest BCUT2D eigenvalue weighted by Crippen LogP contribution is 2.47. The molecule has 0 saturated heterocycles. The fourth-order valence-electron chi connectivity index (χ4n) is 6.04. The van der Waals surface area contributed by atoms with Gasteiger partial charge in [0, 0.05) is 33.9 Å². The van der Waals surface area contributed by atoms with Crippen molar-refractivity contribution >= 4 is 44.9 Å². The van der Waals surface area contributed by atoms with E-state index in [0.717, 1.165) is 21.9 Å². The van der Waals surface area contributed by atoms with Gasteiger partial charge in [-0.2, -0.15) is 0 Å². The molecule has 0 saturated carbocycles. The molecule has 8 rings (SSSR count). The number of benzene rings is 8. The van der Waals surface area contributed by atoms with Gasteiger partial charge >= 0.3 is 0 Å². The summed E-state index contributed by atoms with van der Waals surface area (Å²) in [4.78, 5) is 3.42. The minimum atomic E-state index is -0.490. The second kappa shape index (κ2) is 13.2. The Kier molecular flexibility index (Phi) is 5.48. The molecule has 8 aromatic rings. The number of anilines is 6. The van der Waals surface area contributed by atoms with E-state index in [1.165, 1.54) is 0 Å². The van der Waals surface area contributed by atoms with Crippen LogP contribution in [0, 0.1) is 0 Å². The third-order valence-electron chi connectivity index (χ3n) is 8.17. The molecule has 0 aromatic heterocycles. The highest BCUT2D eigenvalue weighted by molar-refractivity contribution is 6.04. The van der Waals surface area contributed by atoms with Crippen molar-refractivity contribution in [1.82, 2.24) is 0 Å². The number of rotatable bonds is 8. The van der Waals surface area contributed by atoms with Crippen LogP contribution >= 0.6 is 0 Å². The van der Waals surface area contributed by atoms with Crippen LogP contribution in [0.4, 0.5) is 34.1 Å². The van der Waals surface area contributed by atoms with Gasteiger partial charge in [0.15, 0.2) is 0 Å². The minimum absolute atomic E-state index is 0.00919. The van der Waals surface area contributed by atoms with Gasteiger partial charge in [0.05, 0.1) is 25.1 Å². The summed E-state index contributed by atoms with van der Waals surface area (Å²) in [5, 5.41) is 1.47. The van der Waals surface area contributed by atoms with Gasteiger partial charge in [-0.1, -0.05) is 133 Å². The average molecular weight is 625 g/mol. The van der Waals surface area contributed by atoms with Crippen molar-refractivity contribution in [1.29, 1.82) is 0 Å². The molecule has 0 radical (unpaired) electrons. The fourth-order valence-corrected chi connectivity index (χ4v) is 6.04. The summed E-state index contributed by atoms with van der Waals surface area (Å²) in [7, 11) is 0. The molecule has 0 spiro atoms. The van der Waals surface area contributed by atoms with Crippen molar-refractivity contribution in [3.63, 3.8) is 0 Å². The van der Waals surface area contributed by atoms with Crippen LogP contribution in [-0.4, -0.2) is 0 Å². The number of hydrogen-bond acceptors (Lipinski definition) is 2. The molecule has 0 fully saturated rings. The van der Waals surface area contributed by atoms with Crippen molar-refractivity contribution in [3.05, 3.63) is 206 Å². The van der Waals surface area contributed by atoms with Crippen LogP contribution in [-0.2, 0) is 0 Å². The highest BCUT2D eigenvalue weighted by atomic mass is 15.2. The number of para-hydroxylation sites is 4. The van der Waals surface area contributed by atoms with Crippen LogP contribution in [0.1, 0.15) is 13.7 Å². The number of fused-ring (bicyclic) bond motifs is 1. The molecule has 0 bridgehead atoms. The summed E-state index contributed by atoms with van der Waals surface area (Å²) >= 11 is 0. The summed E-state index contributed by atoms with van der Waals surface area (Å²) in [6.07, 6.45) is 0. The maximum Gasteiger partial charge on any atom is 0.0645 e. The minimum Gasteiger partial charge on any atom is -0.310 e. The molecule has 2 heteroatoms. The average Bonchev–Trinajstić information content (AvgIpc) is 3.27. The zero-order valence-electron chi connectivity index (χ0n) is 35.8. The topological polar surface area (TPSA) is 6.48 Å². The molecule has 0 aliphatic heterocycles. The first kappa shape index (κ1) is 20.0. The van der Waals surface area contributed by atoms with Crippen molar-refractivity contribution < 1.29 is 13.7 Å². The van der Waals surface area contributed by atoms with E-state index < -0.39 is 36.3 Å². The van der Waals surface area contributed by atoms with Gasteiger partial charge in [0.25, 0.3) is 0 Å². The van der Waals surface area contributed by atoms with E-state index in [1.807, 2.05) is 146 Å². The Balaban J connectivity index is 1.51. The first-order chi connectivity index (χ1) is 28.0. The van der Waals surface area contributed by atoms with Gasteiger partial charge in [-0.25, -0.2) is 0 Å². The predicted molar refractivity (Wildman–Crippen MR) is 204 cm³/mol. The van der Waals surface area contributed by atoms with Gasteiger partial charge < -0.3 is 9.80 Å². The SMILES string of the molecule is [2H]c1c([2H])c([2H])c(N(c2ccccc2)c2cc3cc(-c4ccccc4)c(N(c4ccccc4)c4c([2H])c([2H])c([2H])c([2H])c4[2H])cc3cc2-c2ccccc2)c([2H])c1[2H]. The predicted octanol–water partition coefficient (Wildman–Crippen LogP) is 13.1. The van der Waals surface area contributed by atoms with E-state index >= 15 is 0 Å². The molecule has 228 valence electrons. The molecule has 0 unspecified atom stereocenters. The first-order valence-electron chi connectivity index (χ1n) is 20.5. The summed E-state index contributed by atoms with van der Waals surface area (Å²) in [6.45, 7) is 0. The molecule has 2 nitrogen and oxygen atoms in total. The molecule has 0 N–H and O–H groups in total. The molecule has 8 aromatic carbocycles. The maximum absolute atomic E-state index is 9.08. The highest BCUT2D eigenvalue weighted by Gasteiger charge is 2.22. The van der Waals surface area contributed by atoms with Gasteiger partial charge in [-0.15, -0.1) is 0 Å². The second-order valence-corrected chi connectivity index (χ2v) is 11.1. The first-order valence-corrected chi connectivity index (χ1v) is 15.5. The maximum atomic E-state index is 9.08. The second-order valence-electron chi connectivity index (χ2n) is 11.1. The lowest BCUT2D eigenvalue weighted by atomic mass is 9.93. The molecule has 48 heavy (non-hydrogen) atoms. The van der Waals surface area contributed by atoms with Crippen molar-refractivity contribution in [2.45, 2.75) is 0 Å². The molecule has 0 heterocycles. The van der Waals surface area contributed by atoms with Gasteiger partial charge in [-0.3, -0.25) is 0 Å². The molecule has 0 atom stereocenters. The summed E-state index contributed by atoms with van der Waals surface area (Å²) in [5.41, 5.74) is 5.23. The molecular weight excluding hydrogens is 581 g/mol. The number of nitrogens with zero attached hydrogens (tertiary/aromatic N) is 2. The Morgan fingerprint density at radius 1 is 0.333 bits per heavy atom. The molecular formula is C46H34N2. The largest absolute Gasteiger partial charge is 0.310 e. The molecule has 0 aliphatic rings. The van der Waals surface area contributed by atoms with E-state index in [-0.39, 0.29) is 35.5 Å². The van der Waals surface area contributed by atoms with Crippen LogP contribution in [0.3, 0.4) is 0 Å². The van der Waals surface area contributed by atoms with E-state index in [0.29, 0.717) is 33.9 Å². The van der Waals surface area contributed by atoms with Crippen molar-refractivity contribution in [3.8, 4) is 22.3 Å². The third kappa shape index (κ3) is 5.72. The molecule has 0 amide bonds. The summed E-state index contributed by atoms with van der Waals surface area (Å²) in [5.74, 6) is 0. The van der Waals surface area contributed by atoms with E-state index in [4.69, 9.17) is 13.7 Å². The van der Waals surface area contributed by atoms with Crippen molar-refractivity contribution in [2.24, 2.45) is 0 Å². The normalized spacial score (nSPS) is 13.8. The van der Waals surface area contributed by atoms with Gasteiger partial charge in [-0.05, 0) is 94.6 Å². The van der Waals surface area contributed by atoms with Gasteiger partial charge in [0.1, 0.15) is 0 Å². The van der Waals surface area contributed by atoms with Crippen LogP contribution in [0.2, 0.25) is 0 Å². The summed E-state index contributed by atoms with van der Waals surface area (Å²) < 4.78 is 87.4. The lowest BCUT2D eigenvalue weighted by Crippen LogP contribution is -2.12. The number of hydrogen-bond donors (Lipinski definition) is 0. The Morgan fingerprint density at radius 2 is 0.667 bits per heavy atom. The Bertz CT molecular complexity index is 2580. The van der Waals surface area contributed by atoms with E-state index in [1.54, 1.807) is 9.80 Å². The quantitative estimate of drug-likeness (QED) is 0.166. The van der Waals surface area contributed by atoms with Crippen LogP contribution in [0.5, 0.6) is 0 Å². The Labute approximate surface area is 296 Å². The van der Waals surface area contributed by atoms with Crippen LogP contribution in [0.15, 0.2) is 206 Å². The van der Waals surface area contributed by atoms with Gasteiger partial charge in [0.2, 0.25) is 0 Å². The summed E-state index contributed by atoms with van der Waals surface area (Å²) in [6, 6.07) is 41.2. The monoisotopic (exact) mass is 624 g/mol. The third-order valence-corrected chi connectivity index (χ3v) is 8.17. The fraction of sp³-hybridized carbons (Fsp3) is 0.